The molecule has 1 unspecified atom stereocenters. The van der Waals surface area contributed by atoms with Gasteiger partial charge in [0.25, 0.3) is 0 Å². The number of carbonyl (C=O) groups is 1. The second kappa shape index (κ2) is 4.96. The van der Waals surface area contributed by atoms with E-state index in [0.29, 0.717) is 6.61 Å². The summed E-state index contributed by atoms with van der Waals surface area (Å²) in [7, 11) is 0. The smallest absolute Gasteiger partial charge is 0.328 e. The minimum absolute atomic E-state index is 0.0109. The average Bonchev–Trinajstić information content (AvgIpc) is 2.38. The van der Waals surface area contributed by atoms with Crippen molar-refractivity contribution in [1.82, 2.24) is 4.98 Å². The first kappa shape index (κ1) is 12.2. The van der Waals surface area contributed by atoms with E-state index in [1.54, 1.807) is 0 Å². The Morgan fingerprint density at radius 1 is 1.67 bits per heavy atom. The number of carboxylic acids is 1. The van der Waals surface area contributed by atoms with E-state index < -0.39 is 16.9 Å². The van der Waals surface area contributed by atoms with E-state index in [2.05, 4.69) is 4.98 Å². The number of nitro groups is 1. The van der Waals surface area contributed by atoms with Crippen LogP contribution in [-0.2, 0) is 9.53 Å². The molecule has 0 bridgehead atoms. The molecule has 8 nitrogen and oxygen atoms in total. The number of anilines is 1. The molecule has 0 spiro atoms. The highest BCUT2D eigenvalue weighted by molar-refractivity contribution is 5.79. The molecule has 1 aromatic rings. The van der Waals surface area contributed by atoms with Gasteiger partial charge in [0.1, 0.15) is 0 Å². The van der Waals surface area contributed by atoms with E-state index in [-0.39, 0.29) is 24.7 Å². The van der Waals surface area contributed by atoms with E-state index >= 15 is 0 Å². The molecule has 1 atom stereocenters. The number of aromatic nitrogens is 1. The molecular formula is C10H11N3O5. The number of hydrogen-bond donors (Lipinski definition) is 1. The molecule has 0 aromatic carbocycles. The minimum atomic E-state index is -1.09. The van der Waals surface area contributed by atoms with Crippen molar-refractivity contribution in [2.75, 3.05) is 24.7 Å². The number of rotatable bonds is 3. The predicted molar refractivity (Wildman–Crippen MR) is 60.5 cm³/mol. The summed E-state index contributed by atoms with van der Waals surface area (Å²) in [6.45, 7) is 0.565. The van der Waals surface area contributed by atoms with Crippen molar-refractivity contribution in [1.29, 1.82) is 0 Å². The van der Waals surface area contributed by atoms with Crippen molar-refractivity contribution < 1.29 is 19.6 Å². The number of pyridine rings is 1. The van der Waals surface area contributed by atoms with Crippen molar-refractivity contribution in [3.63, 3.8) is 0 Å². The summed E-state index contributed by atoms with van der Waals surface area (Å²) in [4.78, 5) is 26.7. The SMILES string of the molecule is O=C(O)C1COCCN1c1ncccc1[N+](=O)[O-]. The van der Waals surface area contributed by atoms with Gasteiger partial charge >= 0.3 is 11.7 Å². The highest BCUT2D eigenvalue weighted by Crippen LogP contribution is 2.27. The van der Waals surface area contributed by atoms with Gasteiger partial charge in [-0.25, -0.2) is 9.78 Å². The van der Waals surface area contributed by atoms with Crippen molar-refractivity contribution in [2.45, 2.75) is 6.04 Å². The van der Waals surface area contributed by atoms with Gasteiger partial charge in [0.15, 0.2) is 6.04 Å². The van der Waals surface area contributed by atoms with Gasteiger partial charge in [-0.15, -0.1) is 0 Å². The second-order valence-corrected chi connectivity index (χ2v) is 3.73. The maximum Gasteiger partial charge on any atom is 0.328 e. The van der Waals surface area contributed by atoms with E-state index in [1.165, 1.54) is 23.2 Å². The maximum absolute atomic E-state index is 11.1. The first-order valence-corrected chi connectivity index (χ1v) is 5.28. The van der Waals surface area contributed by atoms with Crippen LogP contribution in [0.4, 0.5) is 11.5 Å². The van der Waals surface area contributed by atoms with Gasteiger partial charge in [-0.2, -0.15) is 0 Å². The summed E-state index contributed by atoms with van der Waals surface area (Å²) < 4.78 is 5.08. The Kier molecular flexibility index (Phi) is 3.38. The van der Waals surface area contributed by atoms with Crippen LogP contribution < -0.4 is 4.90 Å². The molecule has 0 saturated carbocycles. The maximum atomic E-state index is 11.1. The predicted octanol–water partition coefficient (Wildman–Crippen LogP) is 0.280. The molecular weight excluding hydrogens is 242 g/mol. The van der Waals surface area contributed by atoms with Crippen molar-refractivity contribution in [3.05, 3.63) is 28.4 Å². The zero-order chi connectivity index (χ0) is 13.1. The van der Waals surface area contributed by atoms with Gasteiger partial charge in [0.05, 0.1) is 18.1 Å². The Labute approximate surface area is 102 Å². The Hall–Kier alpha value is -2.22. The van der Waals surface area contributed by atoms with Crippen LogP contribution in [0.15, 0.2) is 18.3 Å². The molecule has 8 heteroatoms. The van der Waals surface area contributed by atoms with Gasteiger partial charge in [-0.05, 0) is 6.07 Å². The van der Waals surface area contributed by atoms with Gasteiger partial charge < -0.3 is 14.7 Å². The summed E-state index contributed by atoms with van der Waals surface area (Å²) in [5.74, 6) is -1.02. The first-order valence-electron chi connectivity index (χ1n) is 5.28. The zero-order valence-electron chi connectivity index (χ0n) is 9.35. The third-order valence-corrected chi connectivity index (χ3v) is 2.65. The largest absolute Gasteiger partial charge is 0.480 e. The summed E-state index contributed by atoms with van der Waals surface area (Å²) in [5, 5.41) is 20.0. The van der Waals surface area contributed by atoms with Crippen molar-refractivity contribution in [2.24, 2.45) is 0 Å². The topological polar surface area (TPSA) is 106 Å². The lowest BCUT2D eigenvalue weighted by Crippen LogP contribution is -2.50. The van der Waals surface area contributed by atoms with Crippen LogP contribution in [-0.4, -0.2) is 46.8 Å². The van der Waals surface area contributed by atoms with Crippen LogP contribution in [0.5, 0.6) is 0 Å². The second-order valence-electron chi connectivity index (χ2n) is 3.73. The lowest BCUT2D eigenvalue weighted by atomic mass is 10.2. The Morgan fingerprint density at radius 3 is 3.11 bits per heavy atom. The minimum Gasteiger partial charge on any atom is -0.480 e. The van der Waals surface area contributed by atoms with E-state index in [0.717, 1.165) is 0 Å². The summed E-state index contributed by atoms with van der Waals surface area (Å²) in [6.07, 6.45) is 1.40. The molecule has 1 N–H and O–H groups in total. The molecule has 2 heterocycles. The molecule has 2 rings (SSSR count). The van der Waals surface area contributed by atoms with Crippen LogP contribution in [0, 0.1) is 10.1 Å². The lowest BCUT2D eigenvalue weighted by molar-refractivity contribution is -0.384. The Balaban J connectivity index is 2.39. The molecule has 1 aliphatic rings. The number of hydrogen-bond acceptors (Lipinski definition) is 6. The van der Waals surface area contributed by atoms with Crippen LogP contribution in [0.3, 0.4) is 0 Å². The van der Waals surface area contributed by atoms with Crippen LogP contribution >= 0.6 is 0 Å². The molecule has 96 valence electrons. The number of morpholine rings is 1. The first-order chi connectivity index (χ1) is 8.61. The molecule has 18 heavy (non-hydrogen) atoms. The fraction of sp³-hybridized carbons (Fsp3) is 0.400. The summed E-state index contributed by atoms with van der Waals surface area (Å²) >= 11 is 0. The highest BCUT2D eigenvalue weighted by Gasteiger charge is 2.33. The average molecular weight is 253 g/mol. The molecule has 0 radical (unpaired) electrons. The van der Waals surface area contributed by atoms with Gasteiger partial charge in [0.2, 0.25) is 5.82 Å². The lowest BCUT2D eigenvalue weighted by Gasteiger charge is -2.33. The molecule has 1 aliphatic heterocycles. The monoisotopic (exact) mass is 253 g/mol. The fourth-order valence-corrected chi connectivity index (χ4v) is 1.81. The summed E-state index contributed by atoms with van der Waals surface area (Å²) in [5.41, 5.74) is -0.203. The third-order valence-electron chi connectivity index (χ3n) is 2.65. The quantitative estimate of drug-likeness (QED) is 0.609. The van der Waals surface area contributed by atoms with Gasteiger partial charge in [-0.3, -0.25) is 10.1 Å². The number of nitrogens with zero attached hydrogens (tertiary/aromatic N) is 3. The van der Waals surface area contributed by atoms with E-state index in [9.17, 15) is 14.9 Å². The fourth-order valence-electron chi connectivity index (χ4n) is 1.81. The molecule has 1 fully saturated rings. The number of aliphatic carboxylic acids is 1. The van der Waals surface area contributed by atoms with Crippen molar-refractivity contribution >= 4 is 17.5 Å². The molecule has 0 amide bonds. The normalized spacial score (nSPS) is 19.6. The highest BCUT2D eigenvalue weighted by atomic mass is 16.6. The molecule has 0 aliphatic carbocycles. The van der Waals surface area contributed by atoms with Crippen LogP contribution in [0.1, 0.15) is 0 Å². The van der Waals surface area contributed by atoms with Crippen molar-refractivity contribution in [3.8, 4) is 0 Å². The zero-order valence-corrected chi connectivity index (χ0v) is 9.35. The Bertz CT molecular complexity index is 478. The number of ether oxygens (including phenoxy) is 1. The molecule has 1 aromatic heterocycles. The third kappa shape index (κ3) is 2.23. The Morgan fingerprint density at radius 2 is 2.44 bits per heavy atom. The number of carboxylic acid groups (broad SMARTS) is 1. The van der Waals surface area contributed by atoms with Gasteiger partial charge in [-0.1, -0.05) is 0 Å². The van der Waals surface area contributed by atoms with Crippen LogP contribution in [0.25, 0.3) is 0 Å². The van der Waals surface area contributed by atoms with Crippen LogP contribution in [0.2, 0.25) is 0 Å². The van der Waals surface area contributed by atoms with E-state index in [1.807, 2.05) is 0 Å². The summed E-state index contributed by atoms with van der Waals surface area (Å²) in [6, 6.07) is 1.79. The molecule has 1 saturated heterocycles. The standard InChI is InChI=1S/C10H11N3O5/c14-10(15)8-6-18-5-4-12(8)9-7(13(16)17)2-1-3-11-9/h1-3,8H,4-6H2,(H,14,15). The van der Waals surface area contributed by atoms with E-state index in [4.69, 9.17) is 9.84 Å². The van der Waals surface area contributed by atoms with Gasteiger partial charge in [0, 0.05) is 18.8 Å².